The van der Waals surface area contributed by atoms with Gasteiger partial charge in [-0.15, -0.1) is 11.3 Å². The van der Waals surface area contributed by atoms with E-state index in [1.54, 1.807) is 11.3 Å². The van der Waals surface area contributed by atoms with Gasteiger partial charge in [-0.05, 0) is 25.0 Å². The number of fused-ring (bicyclic) bond motifs is 1. The quantitative estimate of drug-likeness (QED) is 0.837. The molecular formula is C19H24N4O2S. The van der Waals surface area contributed by atoms with Crippen molar-refractivity contribution in [3.05, 3.63) is 29.3 Å². The van der Waals surface area contributed by atoms with Crippen molar-refractivity contribution in [2.45, 2.75) is 31.7 Å². The largest absolute Gasteiger partial charge is 0.352 e. The van der Waals surface area contributed by atoms with Crippen molar-refractivity contribution in [2.24, 2.45) is 0 Å². The molecule has 7 heteroatoms. The highest BCUT2D eigenvalue weighted by Gasteiger charge is 2.26. The second-order valence-electron chi connectivity index (χ2n) is 7.07. The molecule has 1 aliphatic heterocycles. The molecular weight excluding hydrogens is 348 g/mol. The van der Waals surface area contributed by atoms with E-state index in [1.807, 2.05) is 23.1 Å². The van der Waals surface area contributed by atoms with Crippen LogP contribution in [0.5, 0.6) is 0 Å². The van der Waals surface area contributed by atoms with Crippen LogP contribution in [0.1, 0.15) is 24.3 Å². The Balaban J connectivity index is 1.21. The molecule has 2 aliphatic rings. The van der Waals surface area contributed by atoms with Crippen molar-refractivity contribution in [2.75, 3.05) is 32.7 Å². The number of amides is 2. The second kappa shape index (κ2) is 7.72. The molecule has 1 saturated carbocycles. The number of nitrogens with one attached hydrogen (secondary N) is 1. The summed E-state index contributed by atoms with van der Waals surface area (Å²) in [6.45, 7) is 3.39. The fraction of sp³-hybridized carbons (Fsp3) is 0.526. The van der Waals surface area contributed by atoms with Crippen molar-refractivity contribution >= 4 is 33.4 Å². The number of aryl methyl sites for hydroxylation is 1. The van der Waals surface area contributed by atoms with E-state index in [9.17, 15) is 9.59 Å². The first-order chi connectivity index (χ1) is 12.7. The lowest BCUT2D eigenvalue weighted by Gasteiger charge is -2.34. The number of rotatable bonds is 6. The zero-order chi connectivity index (χ0) is 17.9. The van der Waals surface area contributed by atoms with Crippen LogP contribution in [-0.4, -0.2) is 65.4 Å². The zero-order valence-electron chi connectivity index (χ0n) is 14.8. The summed E-state index contributed by atoms with van der Waals surface area (Å²) in [5, 5.41) is 4.04. The van der Waals surface area contributed by atoms with Gasteiger partial charge >= 0.3 is 0 Å². The number of hydrogen-bond donors (Lipinski definition) is 1. The Morgan fingerprint density at radius 3 is 2.65 bits per heavy atom. The smallest absolute Gasteiger partial charge is 0.234 e. The summed E-state index contributed by atoms with van der Waals surface area (Å²) < 4.78 is 1.17. The van der Waals surface area contributed by atoms with Crippen molar-refractivity contribution in [1.29, 1.82) is 0 Å². The molecule has 26 heavy (non-hydrogen) atoms. The Morgan fingerprint density at radius 1 is 1.15 bits per heavy atom. The molecule has 2 fully saturated rings. The molecule has 6 nitrogen and oxygen atoms in total. The molecule has 2 amide bonds. The highest BCUT2D eigenvalue weighted by atomic mass is 32.1. The van der Waals surface area contributed by atoms with Gasteiger partial charge in [0.1, 0.15) is 0 Å². The Labute approximate surface area is 157 Å². The van der Waals surface area contributed by atoms with Gasteiger partial charge in [0, 0.05) is 45.1 Å². The number of carbonyl (C=O) groups excluding carboxylic acids is 2. The first-order valence-electron chi connectivity index (χ1n) is 9.31. The van der Waals surface area contributed by atoms with E-state index >= 15 is 0 Å². The Hall–Kier alpha value is -1.99. The number of para-hydroxylation sites is 1. The van der Waals surface area contributed by atoms with Gasteiger partial charge in [-0.25, -0.2) is 4.98 Å². The van der Waals surface area contributed by atoms with Crippen LogP contribution in [-0.2, 0) is 16.0 Å². The standard InChI is InChI=1S/C19H24N4O2S/c24-17(20-14-5-6-14)13-22-9-11-23(12-10-22)19(25)8-7-18-21-15-3-1-2-4-16(15)26-18/h1-4,14H,5-13H2,(H,20,24). The van der Waals surface area contributed by atoms with Crippen LogP contribution in [0.4, 0.5) is 0 Å². The lowest BCUT2D eigenvalue weighted by atomic mass is 10.2. The Kier molecular flexibility index (Phi) is 5.17. The summed E-state index contributed by atoms with van der Waals surface area (Å²) in [5.74, 6) is 0.300. The van der Waals surface area contributed by atoms with Crippen LogP contribution in [0.3, 0.4) is 0 Å². The van der Waals surface area contributed by atoms with Crippen molar-refractivity contribution in [3.63, 3.8) is 0 Å². The van der Waals surface area contributed by atoms with Crippen molar-refractivity contribution in [1.82, 2.24) is 20.1 Å². The Bertz CT molecular complexity index is 761. The molecule has 0 atom stereocenters. The summed E-state index contributed by atoms with van der Waals surface area (Å²) >= 11 is 1.67. The average molecular weight is 372 g/mol. The minimum Gasteiger partial charge on any atom is -0.352 e. The molecule has 1 aliphatic carbocycles. The third kappa shape index (κ3) is 4.40. The topological polar surface area (TPSA) is 65.5 Å². The molecule has 1 saturated heterocycles. The maximum atomic E-state index is 12.5. The average Bonchev–Trinajstić information content (AvgIpc) is 3.35. The number of benzene rings is 1. The molecule has 0 unspecified atom stereocenters. The predicted octanol–water partition coefficient (Wildman–Crippen LogP) is 1.65. The van der Waals surface area contributed by atoms with Crippen molar-refractivity contribution < 1.29 is 9.59 Å². The van der Waals surface area contributed by atoms with E-state index in [-0.39, 0.29) is 11.8 Å². The van der Waals surface area contributed by atoms with Gasteiger partial charge in [-0.2, -0.15) is 0 Å². The monoisotopic (exact) mass is 372 g/mol. The van der Waals surface area contributed by atoms with Gasteiger partial charge in [-0.3, -0.25) is 14.5 Å². The minimum absolute atomic E-state index is 0.114. The van der Waals surface area contributed by atoms with Crippen LogP contribution >= 0.6 is 11.3 Å². The number of thiazole rings is 1. The third-order valence-electron chi connectivity index (χ3n) is 4.93. The van der Waals surface area contributed by atoms with Crippen LogP contribution in [0, 0.1) is 0 Å². The summed E-state index contributed by atoms with van der Waals surface area (Å²) in [6, 6.07) is 8.49. The fourth-order valence-corrected chi connectivity index (χ4v) is 4.23. The third-order valence-corrected chi connectivity index (χ3v) is 6.02. The number of aromatic nitrogens is 1. The van der Waals surface area contributed by atoms with Crippen LogP contribution < -0.4 is 5.32 Å². The van der Waals surface area contributed by atoms with Gasteiger partial charge in [0.05, 0.1) is 21.8 Å². The molecule has 1 aromatic heterocycles. The van der Waals surface area contributed by atoms with E-state index in [4.69, 9.17) is 0 Å². The van der Waals surface area contributed by atoms with Gasteiger partial charge < -0.3 is 10.2 Å². The van der Waals surface area contributed by atoms with Gasteiger partial charge in [-0.1, -0.05) is 12.1 Å². The van der Waals surface area contributed by atoms with Crippen LogP contribution in [0.15, 0.2) is 24.3 Å². The second-order valence-corrected chi connectivity index (χ2v) is 8.19. The van der Waals surface area contributed by atoms with Crippen LogP contribution in [0.25, 0.3) is 10.2 Å². The molecule has 4 rings (SSSR count). The molecule has 0 radical (unpaired) electrons. The van der Waals surface area contributed by atoms with E-state index in [2.05, 4.69) is 21.3 Å². The lowest BCUT2D eigenvalue weighted by molar-refractivity contribution is -0.133. The van der Waals surface area contributed by atoms with E-state index in [0.717, 1.165) is 36.5 Å². The summed E-state index contributed by atoms with van der Waals surface area (Å²) in [4.78, 5) is 33.0. The van der Waals surface area contributed by atoms with Crippen molar-refractivity contribution in [3.8, 4) is 0 Å². The normalized spacial score (nSPS) is 18.2. The van der Waals surface area contributed by atoms with Gasteiger partial charge in [0.25, 0.3) is 0 Å². The SMILES string of the molecule is O=C(CN1CCN(C(=O)CCc2nc3ccccc3s2)CC1)NC1CC1. The summed E-state index contributed by atoms with van der Waals surface area (Å²) in [5.41, 5.74) is 1.01. The maximum absolute atomic E-state index is 12.5. The number of carbonyl (C=O) groups is 2. The van der Waals surface area contributed by atoms with Gasteiger partial charge in [0.2, 0.25) is 11.8 Å². The number of nitrogens with zero attached hydrogens (tertiary/aromatic N) is 3. The van der Waals surface area contributed by atoms with E-state index in [1.165, 1.54) is 4.70 Å². The summed E-state index contributed by atoms with van der Waals surface area (Å²) in [6.07, 6.45) is 3.43. The molecule has 1 aromatic carbocycles. The highest BCUT2D eigenvalue weighted by molar-refractivity contribution is 7.18. The number of piperazine rings is 1. The summed E-state index contributed by atoms with van der Waals surface area (Å²) in [7, 11) is 0. The first kappa shape index (κ1) is 17.4. The maximum Gasteiger partial charge on any atom is 0.234 e. The fourth-order valence-electron chi connectivity index (χ4n) is 3.26. The molecule has 0 spiro atoms. The lowest BCUT2D eigenvalue weighted by Crippen LogP contribution is -2.51. The Morgan fingerprint density at radius 2 is 1.92 bits per heavy atom. The predicted molar refractivity (Wildman–Crippen MR) is 102 cm³/mol. The molecule has 138 valence electrons. The van der Waals surface area contributed by atoms with Gasteiger partial charge in [0.15, 0.2) is 0 Å². The highest BCUT2D eigenvalue weighted by Crippen LogP contribution is 2.22. The van der Waals surface area contributed by atoms with E-state index < -0.39 is 0 Å². The minimum atomic E-state index is 0.114. The first-order valence-corrected chi connectivity index (χ1v) is 10.1. The van der Waals surface area contributed by atoms with Crippen LogP contribution in [0.2, 0.25) is 0 Å². The molecule has 2 aromatic rings. The molecule has 1 N–H and O–H groups in total. The molecule has 0 bridgehead atoms. The zero-order valence-corrected chi connectivity index (χ0v) is 15.6. The number of hydrogen-bond acceptors (Lipinski definition) is 5. The van der Waals surface area contributed by atoms with E-state index in [0.29, 0.717) is 38.5 Å². The molecule has 2 heterocycles.